The van der Waals surface area contributed by atoms with Gasteiger partial charge >= 0.3 is 5.97 Å². The van der Waals surface area contributed by atoms with Gasteiger partial charge in [0.2, 0.25) is 0 Å². The molecule has 3 heteroatoms. The van der Waals surface area contributed by atoms with Gasteiger partial charge in [0.25, 0.3) is 0 Å². The maximum atomic E-state index is 11.4. The summed E-state index contributed by atoms with van der Waals surface area (Å²) in [5.41, 5.74) is 2.38. The smallest absolute Gasteiger partial charge is 0.342 e. The van der Waals surface area contributed by atoms with Crippen LogP contribution < -0.4 is 0 Å². The number of carbonyl (C=O) groups is 1. The minimum atomic E-state index is -0.328. The van der Waals surface area contributed by atoms with E-state index in [4.69, 9.17) is 9.47 Å². The average molecular weight is 190 g/mol. The first-order chi connectivity index (χ1) is 6.83. The van der Waals surface area contributed by atoms with Crippen LogP contribution in [0.3, 0.4) is 0 Å². The third-order valence-corrected chi connectivity index (χ3v) is 2.12. The highest BCUT2D eigenvalue weighted by Gasteiger charge is 2.22. The molecule has 14 heavy (non-hydrogen) atoms. The molecule has 0 fully saturated rings. The Bertz CT molecular complexity index is 393. The van der Waals surface area contributed by atoms with E-state index in [0.29, 0.717) is 12.2 Å². The molecule has 0 aliphatic carbocycles. The van der Waals surface area contributed by atoms with E-state index in [-0.39, 0.29) is 5.97 Å². The highest BCUT2D eigenvalue weighted by Crippen LogP contribution is 2.26. The first kappa shape index (κ1) is 8.81. The maximum absolute atomic E-state index is 11.4. The Morgan fingerprint density at radius 1 is 1.43 bits per heavy atom. The summed E-state index contributed by atoms with van der Waals surface area (Å²) in [4.78, 5) is 11.4. The van der Waals surface area contributed by atoms with Crippen LogP contribution in [0.2, 0.25) is 0 Å². The number of rotatable bonds is 1. The Kier molecular flexibility index (Phi) is 2.23. The van der Waals surface area contributed by atoms with Gasteiger partial charge in [0.15, 0.2) is 0 Å². The monoisotopic (exact) mass is 190 g/mol. The molecule has 1 aromatic rings. The van der Waals surface area contributed by atoms with E-state index in [1.165, 1.54) is 13.4 Å². The molecule has 0 saturated carbocycles. The molecular formula is C11H10O3. The van der Waals surface area contributed by atoms with Gasteiger partial charge in [-0.2, -0.15) is 0 Å². The van der Waals surface area contributed by atoms with Gasteiger partial charge < -0.3 is 9.47 Å². The predicted molar refractivity (Wildman–Crippen MR) is 51.2 cm³/mol. The second-order valence-electron chi connectivity index (χ2n) is 3.00. The van der Waals surface area contributed by atoms with Crippen LogP contribution in [0.5, 0.6) is 0 Å². The van der Waals surface area contributed by atoms with Crippen LogP contribution in [0.1, 0.15) is 11.1 Å². The molecule has 2 rings (SSSR count). The third kappa shape index (κ3) is 1.37. The summed E-state index contributed by atoms with van der Waals surface area (Å²) >= 11 is 0. The van der Waals surface area contributed by atoms with E-state index < -0.39 is 0 Å². The standard InChI is InChI=1S/C11H10O3/c1-13-7-10-9-5-3-2-4-8(9)6-14-11(10)12/h2-5,7H,6H2,1H3. The van der Waals surface area contributed by atoms with Crippen LogP contribution in [0, 0.1) is 0 Å². The van der Waals surface area contributed by atoms with Crippen molar-refractivity contribution in [1.29, 1.82) is 0 Å². The normalized spacial score (nSPS) is 17.5. The van der Waals surface area contributed by atoms with Crippen LogP contribution in [0.4, 0.5) is 0 Å². The number of esters is 1. The molecule has 0 spiro atoms. The minimum Gasteiger partial charge on any atom is -0.503 e. The number of fused-ring (bicyclic) bond motifs is 1. The zero-order chi connectivity index (χ0) is 9.97. The summed E-state index contributed by atoms with van der Waals surface area (Å²) in [6.45, 7) is 0.343. The van der Waals surface area contributed by atoms with Crippen molar-refractivity contribution < 1.29 is 14.3 Å². The molecule has 0 unspecified atom stereocenters. The van der Waals surface area contributed by atoms with Crippen LogP contribution >= 0.6 is 0 Å². The first-order valence-corrected chi connectivity index (χ1v) is 4.31. The zero-order valence-corrected chi connectivity index (χ0v) is 7.82. The van der Waals surface area contributed by atoms with Crippen molar-refractivity contribution in [3.05, 3.63) is 41.7 Å². The quantitative estimate of drug-likeness (QED) is 0.384. The van der Waals surface area contributed by atoms with E-state index in [1.807, 2.05) is 24.3 Å². The number of hydrogen-bond donors (Lipinski definition) is 0. The van der Waals surface area contributed by atoms with Gasteiger partial charge in [0.1, 0.15) is 12.2 Å². The van der Waals surface area contributed by atoms with E-state index >= 15 is 0 Å². The van der Waals surface area contributed by atoms with Crippen molar-refractivity contribution in [2.24, 2.45) is 0 Å². The van der Waals surface area contributed by atoms with Gasteiger partial charge in [-0.1, -0.05) is 24.3 Å². The van der Waals surface area contributed by atoms with Crippen molar-refractivity contribution in [3.8, 4) is 0 Å². The summed E-state index contributed by atoms with van der Waals surface area (Å²) in [5, 5.41) is 0. The van der Waals surface area contributed by atoms with Crippen molar-refractivity contribution in [3.63, 3.8) is 0 Å². The molecule has 1 aliphatic heterocycles. The molecule has 72 valence electrons. The Morgan fingerprint density at radius 2 is 2.21 bits per heavy atom. The number of ether oxygens (including phenoxy) is 2. The SMILES string of the molecule is COC=C1C(=O)OCc2ccccc21. The Hall–Kier alpha value is -1.77. The van der Waals surface area contributed by atoms with Crippen LogP contribution in [0.15, 0.2) is 30.5 Å². The fourth-order valence-electron chi connectivity index (χ4n) is 1.47. The summed E-state index contributed by atoms with van der Waals surface area (Å²) < 4.78 is 9.83. The highest BCUT2D eigenvalue weighted by molar-refractivity contribution is 6.17. The van der Waals surface area contributed by atoms with Gasteiger partial charge in [-0.3, -0.25) is 0 Å². The van der Waals surface area contributed by atoms with Gasteiger partial charge in [-0.05, 0) is 11.1 Å². The van der Waals surface area contributed by atoms with Gasteiger partial charge in [-0.25, -0.2) is 4.79 Å². The highest BCUT2D eigenvalue weighted by atomic mass is 16.5. The number of benzene rings is 1. The second-order valence-corrected chi connectivity index (χ2v) is 3.00. The van der Waals surface area contributed by atoms with Crippen molar-refractivity contribution in [2.45, 2.75) is 6.61 Å². The second kappa shape index (κ2) is 3.54. The Morgan fingerprint density at radius 3 is 3.00 bits per heavy atom. The Labute approximate surface area is 81.9 Å². The van der Waals surface area contributed by atoms with Crippen LogP contribution in [-0.4, -0.2) is 13.1 Å². The largest absolute Gasteiger partial charge is 0.503 e. The summed E-state index contributed by atoms with van der Waals surface area (Å²) in [7, 11) is 1.51. The molecule has 0 radical (unpaired) electrons. The topological polar surface area (TPSA) is 35.5 Å². The summed E-state index contributed by atoms with van der Waals surface area (Å²) in [5.74, 6) is -0.328. The molecule has 0 saturated heterocycles. The van der Waals surface area contributed by atoms with E-state index in [2.05, 4.69) is 0 Å². The fraction of sp³-hybridized carbons (Fsp3) is 0.182. The minimum absolute atomic E-state index is 0.328. The predicted octanol–water partition coefficient (Wildman–Crippen LogP) is 1.73. The molecule has 0 aromatic heterocycles. The first-order valence-electron chi connectivity index (χ1n) is 4.31. The van der Waals surface area contributed by atoms with Gasteiger partial charge in [0.05, 0.1) is 13.4 Å². The fourth-order valence-corrected chi connectivity index (χ4v) is 1.47. The lowest BCUT2D eigenvalue weighted by Crippen LogP contribution is -2.15. The molecule has 1 aliphatic rings. The molecule has 1 heterocycles. The molecule has 0 amide bonds. The number of hydrogen-bond acceptors (Lipinski definition) is 3. The molecule has 3 nitrogen and oxygen atoms in total. The van der Waals surface area contributed by atoms with Crippen molar-refractivity contribution in [1.82, 2.24) is 0 Å². The molecule has 0 atom stereocenters. The maximum Gasteiger partial charge on any atom is 0.342 e. The number of methoxy groups -OCH3 is 1. The lowest BCUT2D eigenvalue weighted by atomic mass is 9.99. The summed E-state index contributed by atoms with van der Waals surface area (Å²) in [6.07, 6.45) is 1.42. The summed E-state index contributed by atoms with van der Waals surface area (Å²) in [6, 6.07) is 7.63. The number of cyclic esters (lactones) is 1. The van der Waals surface area contributed by atoms with E-state index in [1.54, 1.807) is 0 Å². The molecule has 1 aromatic carbocycles. The molecule has 0 N–H and O–H groups in total. The zero-order valence-electron chi connectivity index (χ0n) is 7.82. The van der Waals surface area contributed by atoms with Gasteiger partial charge in [-0.15, -0.1) is 0 Å². The van der Waals surface area contributed by atoms with Crippen LogP contribution in [0.25, 0.3) is 5.57 Å². The van der Waals surface area contributed by atoms with Crippen molar-refractivity contribution in [2.75, 3.05) is 7.11 Å². The average Bonchev–Trinajstić information content (AvgIpc) is 2.23. The van der Waals surface area contributed by atoms with Gasteiger partial charge in [0, 0.05) is 0 Å². The molecule has 0 bridgehead atoms. The Balaban J connectivity index is 2.52. The van der Waals surface area contributed by atoms with E-state index in [0.717, 1.165) is 11.1 Å². The third-order valence-electron chi connectivity index (χ3n) is 2.12. The lowest BCUT2D eigenvalue weighted by Gasteiger charge is -2.17. The number of carbonyl (C=O) groups excluding carboxylic acids is 1. The lowest BCUT2D eigenvalue weighted by molar-refractivity contribution is -0.138. The molecular weight excluding hydrogens is 180 g/mol. The van der Waals surface area contributed by atoms with Crippen molar-refractivity contribution >= 4 is 11.5 Å². The van der Waals surface area contributed by atoms with E-state index in [9.17, 15) is 4.79 Å². The van der Waals surface area contributed by atoms with Crippen LogP contribution in [-0.2, 0) is 20.9 Å².